The summed E-state index contributed by atoms with van der Waals surface area (Å²) in [6, 6.07) is 10.1. The lowest BCUT2D eigenvalue weighted by Gasteiger charge is -2.05. The number of hydrogen-bond donors (Lipinski definition) is 1. The summed E-state index contributed by atoms with van der Waals surface area (Å²) in [6.45, 7) is 3.86. The second-order valence-electron chi connectivity index (χ2n) is 4.59. The molecule has 0 spiro atoms. The van der Waals surface area contributed by atoms with Gasteiger partial charge in [-0.2, -0.15) is 18.4 Å². The fourth-order valence-corrected chi connectivity index (χ4v) is 3.50. The molecule has 1 aromatic carbocycles. The standard InChI is InChI=1S/C15H18N2O3S2/c1-4-13-7-10-15(21-13)11(2)16-17-22(18,19)14-8-5-12(20-3)6-9-14/h5-10,17H,4H2,1-3H3. The van der Waals surface area contributed by atoms with Crippen LogP contribution in [0.25, 0.3) is 0 Å². The van der Waals surface area contributed by atoms with Crippen LogP contribution in [0.15, 0.2) is 46.4 Å². The van der Waals surface area contributed by atoms with Crippen LogP contribution in [0.2, 0.25) is 0 Å². The second kappa shape index (κ2) is 6.93. The van der Waals surface area contributed by atoms with Crippen molar-refractivity contribution in [1.82, 2.24) is 4.83 Å². The number of sulfonamides is 1. The monoisotopic (exact) mass is 338 g/mol. The van der Waals surface area contributed by atoms with Gasteiger partial charge in [-0.3, -0.25) is 0 Å². The lowest BCUT2D eigenvalue weighted by Crippen LogP contribution is -2.19. The van der Waals surface area contributed by atoms with Gasteiger partial charge in [0, 0.05) is 4.88 Å². The van der Waals surface area contributed by atoms with E-state index < -0.39 is 10.0 Å². The van der Waals surface area contributed by atoms with E-state index in [0.29, 0.717) is 11.5 Å². The summed E-state index contributed by atoms with van der Waals surface area (Å²) in [6.07, 6.45) is 0.954. The molecule has 0 atom stereocenters. The van der Waals surface area contributed by atoms with Crippen LogP contribution in [0.5, 0.6) is 5.75 Å². The molecule has 0 aliphatic heterocycles. The fourth-order valence-electron chi connectivity index (χ4n) is 1.75. The topological polar surface area (TPSA) is 67.8 Å². The Morgan fingerprint density at radius 1 is 1.23 bits per heavy atom. The molecular formula is C15H18N2O3S2. The van der Waals surface area contributed by atoms with E-state index in [0.717, 1.165) is 11.3 Å². The van der Waals surface area contributed by atoms with Gasteiger partial charge in [0.05, 0.1) is 22.6 Å². The summed E-state index contributed by atoms with van der Waals surface area (Å²) in [5.41, 5.74) is 0.641. The van der Waals surface area contributed by atoms with Crippen molar-refractivity contribution in [2.24, 2.45) is 5.10 Å². The number of thiophene rings is 1. The Labute approximate surface area is 134 Å². The quantitative estimate of drug-likeness (QED) is 0.650. The van der Waals surface area contributed by atoms with Crippen LogP contribution >= 0.6 is 11.3 Å². The van der Waals surface area contributed by atoms with E-state index in [1.807, 2.05) is 12.1 Å². The number of hydrazone groups is 1. The average molecular weight is 338 g/mol. The van der Waals surface area contributed by atoms with Crippen LogP contribution in [-0.2, 0) is 16.4 Å². The molecule has 0 amide bonds. The minimum Gasteiger partial charge on any atom is -0.497 e. The van der Waals surface area contributed by atoms with Crippen molar-refractivity contribution < 1.29 is 13.2 Å². The number of methoxy groups -OCH3 is 1. The molecule has 22 heavy (non-hydrogen) atoms. The first-order valence-corrected chi connectivity index (χ1v) is 9.05. The molecule has 0 bridgehead atoms. The van der Waals surface area contributed by atoms with Gasteiger partial charge >= 0.3 is 0 Å². The number of aryl methyl sites for hydroxylation is 1. The van der Waals surface area contributed by atoms with Crippen molar-refractivity contribution in [1.29, 1.82) is 0 Å². The van der Waals surface area contributed by atoms with Crippen LogP contribution in [0.3, 0.4) is 0 Å². The van der Waals surface area contributed by atoms with Crippen LogP contribution in [0.1, 0.15) is 23.6 Å². The Bertz CT molecular complexity index is 762. The van der Waals surface area contributed by atoms with Crippen molar-refractivity contribution in [2.75, 3.05) is 7.11 Å². The highest BCUT2D eigenvalue weighted by Gasteiger charge is 2.13. The molecular weight excluding hydrogens is 320 g/mol. The number of nitrogens with zero attached hydrogens (tertiary/aromatic N) is 1. The number of ether oxygens (including phenoxy) is 1. The maximum Gasteiger partial charge on any atom is 0.276 e. The molecule has 7 heteroatoms. The second-order valence-corrected chi connectivity index (χ2v) is 7.42. The Morgan fingerprint density at radius 3 is 2.45 bits per heavy atom. The zero-order chi connectivity index (χ0) is 16.2. The van der Waals surface area contributed by atoms with E-state index in [9.17, 15) is 8.42 Å². The van der Waals surface area contributed by atoms with Crippen LogP contribution < -0.4 is 9.57 Å². The van der Waals surface area contributed by atoms with Crippen molar-refractivity contribution in [2.45, 2.75) is 25.2 Å². The molecule has 5 nitrogen and oxygen atoms in total. The van der Waals surface area contributed by atoms with Gasteiger partial charge < -0.3 is 4.74 Å². The van der Waals surface area contributed by atoms with E-state index in [2.05, 4.69) is 16.9 Å². The summed E-state index contributed by atoms with van der Waals surface area (Å²) in [4.78, 5) is 4.60. The summed E-state index contributed by atoms with van der Waals surface area (Å²) >= 11 is 1.61. The Morgan fingerprint density at radius 2 is 1.91 bits per heavy atom. The third-order valence-electron chi connectivity index (χ3n) is 3.07. The minimum atomic E-state index is -3.68. The maximum absolute atomic E-state index is 12.2. The van der Waals surface area contributed by atoms with E-state index in [1.54, 1.807) is 30.4 Å². The van der Waals surface area contributed by atoms with Gasteiger partial charge in [0.2, 0.25) is 0 Å². The first-order valence-electron chi connectivity index (χ1n) is 6.75. The fraction of sp³-hybridized carbons (Fsp3) is 0.267. The third kappa shape index (κ3) is 3.86. The molecule has 118 valence electrons. The lowest BCUT2D eigenvalue weighted by molar-refractivity contribution is 0.414. The van der Waals surface area contributed by atoms with Gasteiger partial charge in [0.15, 0.2) is 0 Å². The van der Waals surface area contributed by atoms with Crippen molar-refractivity contribution in [3.8, 4) is 5.75 Å². The Kier molecular flexibility index (Phi) is 5.20. The predicted molar refractivity (Wildman–Crippen MR) is 89.2 cm³/mol. The summed E-state index contributed by atoms with van der Waals surface area (Å²) in [5.74, 6) is 0.601. The number of rotatable bonds is 6. The number of nitrogens with one attached hydrogen (secondary N) is 1. The summed E-state index contributed by atoms with van der Waals surface area (Å²) in [7, 11) is -2.15. The highest BCUT2D eigenvalue weighted by Crippen LogP contribution is 2.18. The summed E-state index contributed by atoms with van der Waals surface area (Å²) in [5, 5.41) is 3.99. The molecule has 0 unspecified atom stereocenters. The predicted octanol–water partition coefficient (Wildman–Crippen LogP) is 3.02. The van der Waals surface area contributed by atoms with Crippen molar-refractivity contribution >= 4 is 27.1 Å². The highest BCUT2D eigenvalue weighted by molar-refractivity contribution is 7.89. The molecule has 1 aromatic heterocycles. The molecule has 1 heterocycles. The van der Waals surface area contributed by atoms with Gasteiger partial charge in [-0.05, 0) is 49.7 Å². The lowest BCUT2D eigenvalue weighted by atomic mass is 10.3. The largest absolute Gasteiger partial charge is 0.497 e. The number of hydrogen-bond acceptors (Lipinski definition) is 5. The molecule has 0 aliphatic carbocycles. The van der Waals surface area contributed by atoms with Gasteiger partial charge in [-0.1, -0.05) is 6.92 Å². The molecule has 0 fully saturated rings. The molecule has 0 saturated carbocycles. The molecule has 1 N–H and O–H groups in total. The molecule has 0 saturated heterocycles. The summed E-state index contributed by atoms with van der Waals surface area (Å²) < 4.78 is 29.4. The maximum atomic E-state index is 12.2. The van der Waals surface area contributed by atoms with Crippen molar-refractivity contribution in [3.05, 3.63) is 46.2 Å². The minimum absolute atomic E-state index is 0.144. The molecule has 0 radical (unpaired) electrons. The van der Waals surface area contributed by atoms with Gasteiger partial charge in [0.1, 0.15) is 5.75 Å². The molecule has 0 aliphatic rings. The van der Waals surface area contributed by atoms with Crippen LogP contribution in [-0.4, -0.2) is 21.2 Å². The first-order chi connectivity index (χ1) is 10.5. The smallest absolute Gasteiger partial charge is 0.276 e. The zero-order valence-corrected chi connectivity index (χ0v) is 14.3. The van der Waals surface area contributed by atoms with Gasteiger partial charge in [-0.25, -0.2) is 0 Å². The third-order valence-corrected chi connectivity index (χ3v) is 5.63. The van der Waals surface area contributed by atoms with E-state index in [4.69, 9.17) is 4.74 Å². The molecule has 2 rings (SSSR count). The van der Waals surface area contributed by atoms with Gasteiger partial charge in [0.25, 0.3) is 10.0 Å². The average Bonchev–Trinajstić information content (AvgIpc) is 3.02. The van der Waals surface area contributed by atoms with Crippen LogP contribution in [0.4, 0.5) is 0 Å². The van der Waals surface area contributed by atoms with Crippen LogP contribution in [0, 0.1) is 0 Å². The van der Waals surface area contributed by atoms with E-state index in [1.165, 1.54) is 24.1 Å². The van der Waals surface area contributed by atoms with E-state index >= 15 is 0 Å². The normalized spacial score (nSPS) is 12.2. The van der Waals surface area contributed by atoms with Crippen molar-refractivity contribution in [3.63, 3.8) is 0 Å². The first kappa shape index (κ1) is 16.5. The number of benzene rings is 1. The Hall–Kier alpha value is -1.86. The molecule has 2 aromatic rings. The SMILES string of the molecule is CCc1ccc(C(C)=NNS(=O)(=O)c2ccc(OC)cc2)s1. The Balaban J connectivity index is 2.15. The highest BCUT2D eigenvalue weighted by atomic mass is 32.2. The van der Waals surface area contributed by atoms with E-state index in [-0.39, 0.29) is 4.90 Å². The zero-order valence-electron chi connectivity index (χ0n) is 12.7. The van der Waals surface area contributed by atoms with Gasteiger partial charge in [-0.15, -0.1) is 11.3 Å².